The van der Waals surface area contributed by atoms with Gasteiger partial charge in [0.1, 0.15) is 18.4 Å². The molecule has 1 aromatic carbocycles. The molecule has 0 atom stereocenters. The first-order valence-corrected chi connectivity index (χ1v) is 8.71. The van der Waals surface area contributed by atoms with Crippen LogP contribution in [-0.2, 0) is 11.3 Å². The zero-order chi connectivity index (χ0) is 18.4. The maximum atomic E-state index is 12.6. The molecule has 2 amide bonds. The first-order chi connectivity index (χ1) is 12.7. The van der Waals surface area contributed by atoms with E-state index in [2.05, 4.69) is 10.1 Å². The van der Waals surface area contributed by atoms with Gasteiger partial charge < -0.3 is 14.5 Å². The highest BCUT2D eigenvalue weighted by Gasteiger charge is 2.24. The van der Waals surface area contributed by atoms with Gasteiger partial charge in [0, 0.05) is 44.7 Å². The van der Waals surface area contributed by atoms with Crippen LogP contribution < -0.4 is 4.74 Å². The highest BCUT2D eigenvalue weighted by molar-refractivity contribution is 5.94. The zero-order valence-corrected chi connectivity index (χ0v) is 14.9. The molecule has 138 valence electrons. The topological polar surface area (TPSA) is 80.6 Å². The van der Waals surface area contributed by atoms with Gasteiger partial charge >= 0.3 is 0 Å². The molecule has 1 aromatic heterocycles. The van der Waals surface area contributed by atoms with E-state index >= 15 is 0 Å². The van der Waals surface area contributed by atoms with Crippen molar-refractivity contribution in [3.05, 3.63) is 42.5 Å². The van der Waals surface area contributed by atoms with Gasteiger partial charge in [0.05, 0.1) is 7.11 Å². The number of carbonyl (C=O) groups excluding carboxylic acids is 2. The standard InChI is InChI=1S/C18H23N5O3/c1-26-16-5-2-4-15(12-16)18(25)22-10-8-21(9-11-22)17(24)6-3-7-23-14-19-13-20-23/h2,4-5,12-14H,3,6-11H2,1H3. The fourth-order valence-electron chi connectivity index (χ4n) is 3.00. The van der Waals surface area contributed by atoms with Gasteiger partial charge in [0.2, 0.25) is 5.91 Å². The van der Waals surface area contributed by atoms with Gasteiger partial charge in [-0.1, -0.05) is 6.07 Å². The number of hydrogen-bond acceptors (Lipinski definition) is 5. The zero-order valence-electron chi connectivity index (χ0n) is 14.9. The summed E-state index contributed by atoms with van der Waals surface area (Å²) in [5.74, 6) is 0.762. The summed E-state index contributed by atoms with van der Waals surface area (Å²) in [7, 11) is 1.58. The highest BCUT2D eigenvalue weighted by Crippen LogP contribution is 2.16. The van der Waals surface area contributed by atoms with Crippen molar-refractivity contribution < 1.29 is 14.3 Å². The van der Waals surface area contributed by atoms with Crippen molar-refractivity contribution in [2.45, 2.75) is 19.4 Å². The lowest BCUT2D eigenvalue weighted by Gasteiger charge is -2.35. The van der Waals surface area contributed by atoms with Crippen LogP contribution in [0.4, 0.5) is 0 Å². The van der Waals surface area contributed by atoms with Crippen LogP contribution in [0.1, 0.15) is 23.2 Å². The van der Waals surface area contributed by atoms with E-state index in [0.29, 0.717) is 50.5 Å². The molecule has 0 bridgehead atoms. The molecule has 0 radical (unpaired) electrons. The van der Waals surface area contributed by atoms with Gasteiger partial charge in [-0.2, -0.15) is 5.10 Å². The molecule has 2 aromatic rings. The molecule has 0 unspecified atom stereocenters. The highest BCUT2D eigenvalue weighted by atomic mass is 16.5. The fourth-order valence-corrected chi connectivity index (χ4v) is 3.00. The molecular formula is C18H23N5O3. The van der Waals surface area contributed by atoms with Gasteiger partial charge in [0.15, 0.2) is 0 Å². The minimum absolute atomic E-state index is 0.0258. The second-order valence-corrected chi connectivity index (χ2v) is 6.17. The van der Waals surface area contributed by atoms with Crippen LogP contribution in [0.15, 0.2) is 36.9 Å². The van der Waals surface area contributed by atoms with Crippen LogP contribution in [0.5, 0.6) is 5.75 Å². The van der Waals surface area contributed by atoms with E-state index in [0.717, 1.165) is 6.42 Å². The second-order valence-electron chi connectivity index (χ2n) is 6.17. The summed E-state index contributed by atoms with van der Waals surface area (Å²) in [6, 6.07) is 7.14. The lowest BCUT2D eigenvalue weighted by molar-refractivity contribution is -0.132. The number of carbonyl (C=O) groups is 2. The van der Waals surface area contributed by atoms with Crippen LogP contribution in [-0.4, -0.2) is 69.7 Å². The molecule has 1 saturated heterocycles. The summed E-state index contributed by atoms with van der Waals surface area (Å²) >= 11 is 0. The van der Waals surface area contributed by atoms with Crippen LogP contribution >= 0.6 is 0 Å². The number of methoxy groups -OCH3 is 1. The number of amides is 2. The van der Waals surface area contributed by atoms with E-state index < -0.39 is 0 Å². The summed E-state index contributed by atoms with van der Waals surface area (Å²) in [5, 5.41) is 4.02. The normalized spacial score (nSPS) is 14.3. The Labute approximate surface area is 152 Å². The van der Waals surface area contributed by atoms with Crippen molar-refractivity contribution in [3.63, 3.8) is 0 Å². The third kappa shape index (κ3) is 4.38. The predicted molar refractivity (Wildman–Crippen MR) is 94.7 cm³/mol. The second kappa shape index (κ2) is 8.46. The third-order valence-corrected chi connectivity index (χ3v) is 4.48. The van der Waals surface area contributed by atoms with Crippen LogP contribution in [0.2, 0.25) is 0 Å². The van der Waals surface area contributed by atoms with E-state index in [1.165, 1.54) is 6.33 Å². The van der Waals surface area contributed by atoms with Crippen molar-refractivity contribution >= 4 is 11.8 Å². The maximum absolute atomic E-state index is 12.6. The van der Waals surface area contributed by atoms with Crippen LogP contribution in [0, 0.1) is 0 Å². The fraction of sp³-hybridized carbons (Fsp3) is 0.444. The first-order valence-electron chi connectivity index (χ1n) is 8.71. The number of piperazine rings is 1. The van der Waals surface area contributed by atoms with Gasteiger partial charge in [0.25, 0.3) is 5.91 Å². The van der Waals surface area contributed by atoms with E-state index in [1.54, 1.807) is 41.2 Å². The Bertz CT molecular complexity index is 739. The van der Waals surface area contributed by atoms with Crippen LogP contribution in [0.3, 0.4) is 0 Å². The molecule has 8 nitrogen and oxygen atoms in total. The molecule has 1 aliphatic heterocycles. The molecule has 2 heterocycles. The average molecular weight is 357 g/mol. The molecule has 1 fully saturated rings. The molecule has 26 heavy (non-hydrogen) atoms. The summed E-state index contributed by atoms with van der Waals surface area (Å²) in [5.41, 5.74) is 0.608. The average Bonchev–Trinajstić information content (AvgIpc) is 3.21. The van der Waals surface area contributed by atoms with Gasteiger partial charge in [-0.15, -0.1) is 0 Å². The summed E-state index contributed by atoms with van der Waals surface area (Å²) in [4.78, 5) is 32.4. The number of hydrogen-bond donors (Lipinski definition) is 0. The Kier molecular flexibility index (Phi) is 5.83. The predicted octanol–water partition coefficient (Wildman–Crippen LogP) is 1.05. The number of aryl methyl sites for hydroxylation is 1. The van der Waals surface area contributed by atoms with Crippen molar-refractivity contribution in [1.82, 2.24) is 24.6 Å². The summed E-state index contributed by atoms with van der Waals surface area (Å²) < 4.78 is 6.89. The Morgan fingerprint density at radius 3 is 2.62 bits per heavy atom. The van der Waals surface area contributed by atoms with Crippen molar-refractivity contribution in [3.8, 4) is 5.75 Å². The van der Waals surface area contributed by atoms with E-state index in [4.69, 9.17) is 4.74 Å². The van der Waals surface area contributed by atoms with Gasteiger partial charge in [-0.3, -0.25) is 14.3 Å². The number of aromatic nitrogens is 3. The quantitative estimate of drug-likeness (QED) is 0.772. The molecule has 0 saturated carbocycles. The van der Waals surface area contributed by atoms with Crippen molar-refractivity contribution in [1.29, 1.82) is 0 Å². The molecule has 0 N–H and O–H groups in total. The largest absolute Gasteiger partial charge is 0.497 e. The smallest absolute Gasteiger partial charge is 0.254 e. The van der Waals surface area contributed by atoms with E-state index in [1.807, 2.05) is 11.0 Å². The molecular weight excluding hydrogens is 334 g/mol. The number of benzene rings is 1. The van der Waals surface area contributed by atoms with Crippen molar-refractivity contribution in [2.24, 2.45) is 0 Å². The van der Waals surface area contributed by atoms with Gasteiger partial charge in [-0.05, 0) is 24.6 Å². The molecule has 0 spiro atoms. The molecule has 1 aliphatic rings. The molecule has 3 rings (SSSR count). The van der Waals surface area contributed by atoms with E-state index in [-0.39, 0.29) is 11.8 Å². The lowest BCUT2D eigenvalue weighted by atomic mass is 10.1. The monoisotopic (exact) mass is 357 g/mol. The third-order valence-electron chi connectivity index (χ3n) is 4.48. The number of rotatable bonds is 6. The Balaban J connectivity index is 1.45. The Morgan fingerprint density at radius 1 is 1.15 bits per heavy atom. The number of ether oxygens (including phenoxy) is 1. The lowest BCUT2D eigenvalue weighted by Crippen LogP contribution is -2.50. The minimum atomic E-state index is -0.0258. The van der Waals surface area contributed by atoms with E-state index in [9.17, 15) is 9.59 Å². The van der Waals surface area contributed by atoms with Gasteiger partial charge in [-0.25, -0.2) is 4.98 Å². The maximum Gasteiger partial charge on any atom is 0.254 e. The summed E-state index contributed by atoms with van der Waals surface area (Å²) in [6.07, 6.45) is 4.34. The minimum Gasteiger partial charge on any atom is -0.497 e. The summed E-state index contributed by atoms with van der Waals surface area (Å²) in [6.45, 7) is 2.91. The SMILES string of the molecule is COc1cccc(C(=O)N2CCN(C(=O)CCCn3cncn3)CC2)c1. The Morgan fingerprint density at radius 2 is 1.92 bits per heavy atom. The molecule has 8 heteroatoms. The van der Waals surface area contributed by atoms with Crippen LogP contribution in [0.25, 0.3) is 0 Å². The molecule has 0 aliphatic carbocycles. The Hall–Kier alpha value is -2.90. The number of nitrogens with zero attached hydrogens (tertiary/aromatic N) is 5. The van der Waals surface area contributed by atoms with Crippen molar-refractivity contribution in [2.75, 3.05) is 33.3 Å². The first kappa shape index (κ1) is 17.9.